The fourth-order valence-electron chi connectivity index (χ4n) is 2.22. The summed E-state index contributed by atoms with van der Waals surface area (Å²) in [4.78, 5) is 16.5. The maximum Gasteiger partial charge on any atom is 0.250 e. The number of ether oxygens (including phenoxy) is 1. The summed E-state index contributed by atoms with van der Waals surface area (Å²) in [6, 6.07) is 12.6. The zero-order chi connectivity index (χ0) is 18.5. The van der Waals surface area contributed by atoms with Gasteiger partial charge in [0.05, 0.1) is 17.8 Å². The first kappa shape index (κ1) is 18.5. The number of rotatable bonds is 5. The normalized spacial score (nSPS) is 10.9. The summed E-state index contributed by atoms with van der Waals surface area (Å²) in [5, 5.41) is 6.14. The minimum atomic E-state index is -0.268. The number of nitrogens with one attached hydrogen (secondary N) is 1. The summed E-state index contributed by atoms with van der Waals surface area (Å²) in [7, 11) is 1.60. The lowest BCUT2D eigenvalue weighted by molar-refractivity contribution is -0.111. The largest absolute Gasteiger partial charge is 0.497 e. The van der Waals surface area contributed by atoms with Gasteiger partial charge in [-0.1, -0.05) is 35.3 Å². The van der Waals surface area contributed by atoms with Gasteiger partial charge in [-0.25, -0.2) is 4.98 Å². The van der Waals surface area contributed by atoms with E-state index >= 15 is 0 Å². The number of amides is 1. The quantitative estimate of drug-likeness (QED) is 0.548. The molecule has 1 amide bonds. The topological polar surface area (TPSA) is 51.2 Å². The van der Waals surface area contributed by atoms with Crippen LogP contribution in [0.4, 0.5) is 5.13 Å². The Balaban J connectivity index is 1.68. The Bertz CT molecular complexity index is 970. The maximum atomic E-state index is 12.1. The third-order valence-electron chi connectivity index (χ3n) is 3.46. The van der Waals surface area contributed by atoms with E-state index in [1.54, 1.807) is 31.4 Å². The smallest absolute Gasteiger partial charge is 0.250 e. The predicted octanol–water partition coefficient (Wildman–Crippen LogP) is 5.78. The number of aromatic nitrogens is 1. The first-order chi connectivity index (χ1) is 12.5. The second-order valence-electron chi connectivity index (χ2n) is 5.26. The van der Waals surface area contributed by atoms with Crippen molar-refractivity contribution in [2.24, 2.45) is 0 Å². The van der Waals surface area contributed by atoms with E-state index in [0.29, 0.717) is 20.9 Å². The first-order valence-electron chi connectivity index (χ1n) is 7.59. The molecule has 0 aliphatic heterocycles. The molecule has 1 aromatic heterocycles. The van der Waals surface area contributed by atoms with Crippen molar-refractivity contribution in [3.63, 3.8) is 0 Å². The van der Waals surface area contributed by atoms with Crippen molar-refractivity contribution < 1.29 is 9.53 Å². The van der Waals surface area contributed by atoms with Crippen molar-refractivity contribution in [3.05, 3.63) is 69.5 Å². The van der Waals surface area contributed by atoms with Gasteiger partial charge in [0.1, 0.15) is 5.75 Å². The molecule has 0 atom stereocenters. The monoisotopic (exact) mass is 404 g/mol. The van der Waals surface area contributed by atoms with E-state index in [-0.39, 0.29) is 5.91 Å². The standard InChI is InChI=1S/C19H14Cl2N2O2S/c1-25-14-4-2-3-12(9-14)5-8-18(24)23-19-22-17(11-26-19)15-7-6-13(20)10-16(15)21/h2-11H,1H3,(H,22,23,24)/b8-5+. The molecule has 0 spiro atoms. The van der Waals surface area contributed by atoms with Crippen LogP contribution in [0.1, 0.15) is 5.56 Å². The highest BCUT2D eigenvalue weighted by atomic mass is 35.5. The van der Waals surface area contributed by atoms with E-state index in [1.165, 1.54) is 17.4 Å². The van der Waals surface area contributed by atoms with Crippen molar-refractivity contribution >= 4 is 51.7 Å². The number of hydrogen-bond donors (Lipinski definition) is 1. The zero-order valence-electron chi connectivity index (χ0n) is 13.7. The summed E-state index contributed by atoms with van der Waals surface area (Å²) in [6.45, 7) is 0. The average molecular weight is 405 g/mol. The Hall–Kier alpha value is -2.34. The van der Waals surface area contributed by atoms with E-state index < -0.39 is 0 Å². The predicted molar refractivity (Wildman–Crippen MR) is 108 cm³/mol. The molecule has 2 aromatic carbocycles. The van der Waals surface area contributed by atoms with Crippen molar-refractivity contribution in [3.8, 4) is 17.0 Å². The fraction of sp³-hybridized carbons (Fsp3) is 0.0526. The van der Waals surface area contributed by atoms with Crippen LogP contribution < -0.4 is 10.1 Å². The van der Waals surface area contributed by atoms with E-state index in [2.05, 4.69) is 10.3 Å². The van der Waals surface area contributed by atoms with Crippen LogP contribution in [0, 0.1) is 0 Å². The number of carbonyl (C=O) groups is 1. The number of nitrogens with zero attached hydrogens (tertiary/aromatic N) is 1. The van der Waals surface area contributed by atoms with Crippen LogP contribution in [0.25, 0.3) is 17.3 Å². The summed E-state index contributed by atoms with van der Waals surface area (Å²) in [6.07, 6.45) is 3.16. The molecule has 0 unspecified atom stereocenters. The lowest BCUT2D eigenvalue weighted by atomic mass is 10.2. The van der Waals surface area contributed by atoms with Gasteiger partial charge in [0, 0.05) is 22.0 Å². The van der Waals surface area contributed by atoms with Gasteiger partial charge in [-0.2, -0.15) is 0 Å². The molecule has 0 bridgehead atoms. The van der Waals surface area contributed by atoms with Crippen LogP contribution in [0.5, 0.6) is 5.75 Å². The lowest BCUT2D eigenvalue weighted by Crippen LogP contribution is -2.07. The summed E-state index contributed by atoms with van der Waals surface area (Å²) in [5.74, 6) is 0.466. The van der Waals surface area contributed by atoms with Gasteiger partial charge in [-0.15, -0.1) is 11.3 Å². The molecule has 0 saturated heterocycles. The van der Waals surface area contributed by atoms with Crippen molar-refractivity contribution in [1.82, 2.24) is 4.98 Å². The van der Waals surface area contributed by atoms with Crippen molar-refractivity contribution in [1.29, 1.82) is 0 Å². The highest BCUT2D eigenvalue weighted by Gasteiger charge is 2.10. The Morgan fingerprint density at radius 3 is 2.85 bits per heavy atom. The first-order valence-corrected chi connectivity index (χ1v) is 9.23. The molecule has 3 rings (SSSR count). The van der Waals surface area contributed by atoms with Gasteiger partial charge in [-0.05, 0) is 42.0 Å². The van der Waals surface area contributed by atoms with Crippen LogP contribution in [0.3, 0.4) is 0 Å². The number of anilines is 1. The number of thiazole rings is 1. The molecule has 3 aromatic rings. The van der Waals surface area contributed by atoms with Crippen LogP contribution in [0.2, 0.25) is 10.0 Å². The molecule has 4 nitrogen and oxygen atoms in total. The Labute approximate surface area is 165 Å². The SMILES string of the molecule is COc1cccc(/C=C/C(=O)Nc2nc(-c3ccc(Cl)cc3Cl)cs2)c1. The summed E-state index contributed by atoms with van der Waals surface area (Å²) >= 11 is 13.4. The minimum absolute atomic E-state index is 0.268. The minimum Gasteiger partial charge on any atom is -0.497 e. The van der Waals surface area contributed by atoms with Gasteiger partial charge in [0.25, 0.3) is 0 Å². The van der Waals surface area contributed by atoms with E-state index in [0.717, 1.165) is 16.9 Å². The molecule has 1 N–H and O–H groups in total. The summed E-state index contributed by atoms with van der Waals surface area (Å²) in [5.41, 5.74) is 2.32. The molecule has 0 aliphatic carbocycles. The van der Waals surface area contributed by atoms with Crippen LogP contribution >= 0.6 is 34.5 Å². The maximum absolute atomic E-state index is 12.1. The molecular weight excluding hydrogens is 391 g/mol. The second kappa shape index (κ2) is 8.36. The molecule has 0 aliphatic rings. The van der Waals surface area contributed by atoms with E-state index in [1.807, 2.05) is 29.6 Å². The number of halogens is 2. The van der Waals surface area contributed by atoms with Crippen LogP contribution in [-0.2, 0) is 4.79 Å². The number of carbonyl (C=O) groups excluding carboxylic acids is 1. The zero-order valence-corrected chi connectivity index (χ0v) is 16.0. The van der Waals surface area contributed by atoms with Crippen LogP contribution in [-0.4, -0.2) is 18.0 Å². The Kier molecular flexibility index (Phi) is 5.93. The van der Waals surface area contributed by atoms with Gasteiger partial charge in [0.15, 0.2) is 5.13 Å². The lowest BCUT2D eigenvalue weighted by Gasteiger charge is -2.01. The molecule has 132 valence electrons. The highest BCUT2D eigenvalue weighted by Crippen LogP contribution is 2.32. The Morgan fingerprint density at radius 2 is 2.08 bits per heavy atom. The summed E-state index contributed by atoms with van der Waals surface area (Å²) < 4.78 is 5.16. The fourth-order valence-corrected chi connectivity index (χ4v) is 3.44. The molecule has 7 heteroatoms. The Morgan fingerprint density at radius 1 is 1.23 bits per heavy atom. The molecule has 26 heavy (non-hydrogen) atoms. The molecule has 1 heterocycles. The van der Waals surface area contributed by atoms with Gasteiger partial charge in [0.2, 0.25) is 5.91 Å². The molecule has 0 saturated carbocycles. The third kappa shape index (κ3) is 4.64. The number of benzene rings is 2. The number of methoxy groups -OCH3 is 1. The second-order valence-corrected chi connectivity index (χ2v) is 6.96. The third-order valence-corrected chi connectivity index (χ3v) is 4.77. The van der Waals surface area contributed by atoms with E-state index in [4.69, 9.17) is 27.9 Å². The van der Waals surface area contributed by atoms with Crippen molar-refractivity contribution in [2.75, 3.05) is 12.4 Å². The molecule has 0 radical (unpaired) electrons. The van der Waals surface area contributed by atoms with Gasteiger partial charge in [-0.3, -0.25) is 10.1 Å². The number of hydrogen-bond acceptors (Lipinski definition) is 4. The highest BCUT2D eigenvalue weighted by molar-refractivity contribution is 7.14. The van der Waals surface area contributed by atoms with Crippen molar-refractivity contribution in [2.45, 2.75) is 0 Å². The average Bonchev–Trinajstić information content (AvgIpc) is 3.08. The van der Waals surface area contributed by atoms with Gasteiger partial charge >= 0.3 is 0 Å². The molecule has 0 fully saturated rings. The van der Waals surface area contributed by atoms with Crippen LogP contribution in [0.15, 0.2) is 53.9 Å². The van der Waals surface area contributed by atoms with Gasteiger partial charge < -0.3 is 4.74 Å². The van der Waals surface area contributed by atoms with E-state index in [9.17, 15) is 4.79 Å². The molecular formula is C19H14Cl2N2O2S.